The molecular weight excluding hydrogens is 176 g/mol. The number of rotatable bonds is 1. The van der Waals surface area contributed by atoms with Crippen LogP contribution in [0.3, 0.4) is 0 Å². The highest BCUT2D eigenvalue weighted by molar-refractivity contribution is 6.35. The molecule has 1 amide bonds. The fraction of sp³-hybridized carbons (Fsp3) is 0.375. The number of carbonyl (C=O) groups is 1. The lowest BCUT2D eigenvalue weighted by atomic mass is 9.98. The molecule has 1 aliphatic rings. The third-order valence-electron chi connectivity index (χ3n) is 1.87. The van der Waals surface area contributed by atoms with E-state index in [1.165, 1.54) is 0 Å². The molecule has 0 aromatic carbocycles. The van der Waals surface area contributed by atoms with E-state index in [4.69, 9.17) is 17.4 Å². The van der Waals surface area contributed by atoms with Crippen LogP contribution in [0.1, 0.15) is 19.8 Å². The lowest BCUT2D eigenvalue weighted by molar-refractivity contribution is -0.117. The number of nitrogens with two attached hydrogens (primary N) is 1. The van der Waals surface area contributed by atoms with Crippen LogP contribution in [-0.2, 0) is 4.79 Å². The summed E-state index contributed by atoms with van der Waals surface area (Å²) in [6.45, 7) is 1.89. The quantitative estimate of drug-likeness (QED) is 0.368. The van der Waals surface area contributed by atoms with Crippen LogP contribution in [0.5, 0.6) is 0 Å². The Morgan fingerprint density at radius 2 is 2.42 bits per heavy atom. The van der Waals surface area contributed by atoms with E-state index >= 15 is 0 Å². The van der Waals surface area contributed by atoms with Crippen LogP contribution in [0, 0.1) is 0 Å². The lowest BCUT2D eigenvalue weighted by Gasteiger charge is -2.13. The summed E-state index contributed by atoms with van der Waals surface area (Å²) < 4.78 is 0. The molecule has 0 fully saturated rings. The van der Waals surface area contributed by atoms with Crippen molar-refractivity contribution in [1.82, 2.24) is 5.43 Å². The van der Waals surface area contributed by atoms with Crippen molar-refractivity contribution in [2.24, 2.45) is 5.84 Å². The maximum atomic E-state index is 11.2. The molecule has 0 aromatic heterocycles. The molecular formula is C8H11ClN2O. The molecule has 3 N–H and O–H groups in total. The maximum Gasteiger partial charge on any atom is 0.266 e. The van der Waals surface area contributed by atoms with E-state index in [2.05, 4.69) is 5.43 Å². The molecule has 0 atom stereocenters. The number of amides is 1. The Balaban J connectivity index is 2.98. The fourth-order valence-electron chi connectivity index (χ4n) is 1.22. The van der Waals surface area contributed by atoms with Crippen molar-refractivity contribution in [3.8, 4) is 0 Å². The third-order valence-corrected chi connectivity index (χ3v) is 2.21. The molecule has 0 heterocycles. The van der Waals surface area contributed by atoms with Crippen molar-refractivity contribution < 1.29 is 4.79 Å². The second-order valence-electron chi connectivity index (χ2n) is 2.72. The van der Waals surface area contributed by atoms with Gasteiger partial charge in [0.15, 0.2) is 0 Å². The first-order chi connectivity index (χ1) is 5.66. The molecule has 1 aliphatic carbocycles. The molecule has 3 nitrogen and oxygen atoms in total. The minimum absolute atomic E-state index is 0.312. The Labute approximate surface area is 76.2 Å². The first-order valence-electron chi connectivity index (χ1n) is 3.73. The van der Waals surface area contributed by atoms with Crippen LogP contribution in [0.15, 0.2) is 22.3 Å². The number of carbonyl (C=O) groups excluding carboxylic acids is 1. The van der Waals surface area contributed by atoms with Gasteiger partial charge in [0.05, 0.1) is 5.57 Å². The molecule has 0 aromatic rings. The standard InChI is InChI=1S/C8H11ClN2O/c1-5-3-2-4-6(9)7(5)8(12)11-10/h4H,2-3,10H2,1H3,(H,11,12). The van der Waals surface area contributed by atoms with E-state index in [1.807, 2.05) is 13.0 Å². The van der Waals surface area contributed by atoms with Gasteiger partial charge in [-0.25, -0.2) is 5.84 Å². The van der Waals surface area contributed by atoms with Gasteiger partial charge in [0, 0.05) is 5.03 Å². The minimum atomic E-state index is -0.312. The first-order valence-corrected chi connectivity index (χ1v) is 4.11. The molecule has 0 spiro atoms. The zero-order chi connectivity index (χ0) is 9.14. The molecule has 0 saturated carbocycles. The SMILES string of the molecule is CC1=C(C(=O)NN)C(Cl)=CCC1. The summed E-state index contributed by atoms with van der Waals surface area (Å²) in [7, 11) is 0. The molecule has 12 heavy (non-hydrogen) atoms. The van der Waals surface area contributed by atoms with Gasteiger partial charge in [0.25, 0.3) is 5.91 Å². The van der Waals surface area contributed by atoms with Crippen LogP contribution >= 0.6 is 11.6 Å². The number of hydrazine groups is 1. The van der Waals surface area contributed by atoms with Crippen molar-refractivity contribution in [1.29, 1.82) is 0 Å². The first kappa shape index (κ1) is 9.29. The Morgan fingerprint density at radius 3 is 2.92 bits per heavy atom. The maximum absolute atomic E-state index is 11.2. The summed E-state index contributed by atoms with van der Waals surface area (Å²) in [6, 6.07) is 0. The molecule has 66 valence electrons. The van der Waals surface area contributed by atoms with E-state index in [0.717, 1.165) is 18.4 Å². The highest BCUT2D eigenvalue weighted by Crippen LogP contribution is 2.27. The van der Waals surface area contributed by atoms with Crippen molar-refractivity contribution in [3.05, 3.63) is 22.3 Å². The zero-order valence-electron chi connectivity index (χ0n) is 6.86. The van der Waals surface area contributed by atoms with Gasteiger partial charge < -0.3 is 0 Å². The minimum Gasteiger partial charge on any atom is -0.290 e. The predicted octanol–water partition coefficient (Wildman–Crippen LogP) is 1.21. The normalized spacial score (nSPS) is 17.4. The Morgan fingerprint density at radius 1 is 1.75 bits per heavy atom. The van der Waals surface area contributed by atoms with Gasteiger partial charge in [-0.05, 0) is 19.8 Å². The van der Waals surface area contributed by atoms with Crippen LogP contribution in [-0.4, -0.2) is 5.91 Å². The largest absolute Gasteiger partial charge is 0.290 e. The number of nitrogens with one attached hydrogen (secondary N) is 1. The molecule has 4 heteroatoms. The third kappa shape index (κ3) is 1.68. The monoisotopic (exact) mass is 186 g/mol. The predicted molar refractivity (Wildman–Crippen MR) is 48.2 cm³/mol. The van der Waals surface area contributed by atoms with Crippen molar-refractivity contribution in [3.63, 3.8) is 0 Å². The highest BCUT2D eigenvalue weighted by Gasteiger charge is 2.17. The van der Waals surface area contributed by atoms with E-state index in [0.29, 0.717) is 10.6 Å². The molecule has 0 bridgehead atoms. The van der Waals surface area contributed by atoms with E-state index in [-0.39, 0.29) is 5.91 Å². The van der Waals surface area contributed by atoms with Crippen LogP contribution in [0.2, 0.25) is 0 Å². The Bertz CT molecular complexity index is 268. The zero-order valence-corrected chi connectivity index (χ0v) is 7.61. The summed E-state index contributed by atoms with van der Waals surface area (Å²) in [6.07, 6.45) is 3.60. The van der Waals surface area contributed by atoms with Gasteiger partial charge in [-0.3, -0.25) is 10.2 Å². The summed E-state index contributed by atoms with van der Waals surface area (Å²) in [5.74, 6) is 4.70. The highest BCUT2D eigenvalue weighted by atomic mass is 35.5. The number of allylic oxidation sites excluding steroid dienone is 2. The average Bonchev–Trinajstić information content (AvgIpc) is 2.03. The fourth-order valence-corrected chi connectivity index (χ4v) is 1.58. The molecule has 0 unspecified atom stereocenters. The topological polar surface area (TPSA) is 55.1 Å². The van der Waals surface area contributed by atoms with Gasteiger partial charge in [-0.2, -0.15) is 0 Å². The van der Waals surface area contributed by atoms with Crippen LogP contribution in [0.4, 0.5) is 0 Å². The summed E-state index contributed by atoms with van der Waals surface area (Å²) in [5.41, 5.74) is 3.58. The summed E-state index contributed by atoms with van der Waals surface area (Å²) in [5, 5.41) is 0.502. The number of halogens is 1. The van der Waals surface area contributed by atoms with E-state index in [9.17, 15) is 4.79 Å². The van der Waals surface area contributed by atoms with E-state index in [1.54, 1.807) is 0 Å². The van der Waals surface area contributed by atoms with Gasteiger partial charge in [-0.1, -0.05) is 23.3 Å². The second kappa shape index (κ2) is 3.74. The van der Waals surface area contributed by atoms with Gasteiger partial charge in [0.1, 0.15) is 0 Å². The van der Waals surface area contributed by atoms with Crippen LogP contribution < -0.4 is 11.3 Å². The van der Waals surface area contributed by atoms with Crippen molar-refractivity contribution in [2.45, 2.75) is 19.8 Å². The van der Waals surface area contributed by atoms with Gasteiger partial charge in [-0.15, -0.1) is 0 Å². The molecule has 0 saturated heterocycles. The van der Waals surface area contributed by atoms with Gasteiger partial charge >= 0.3 is 0 Å². The smallest absolute Gasteiger partial charge is 0.266 e. The van der Waals surface area contributed by atoms with Crippen molar-refractivity contribution in [2.75, 3.05) is 0 Å². The van der Waals surface area contributed by atoms with Crippen LogP contribution in [0.25, 0.3) is 0 Å². The Kier molecular flexibility index (Phi) is 2.89. The molecule has 0 radical (unpaired) electrons. The number of hydrogen-bond donors (Lipinski definition) is 2. The van der Waals surface area contributed by atoms with Gasteiger partial charge in [0.2, 0.25) is 0 Å². The molecule has 1 rings (SSSR count). The number of hydrogen-bond acceptors (Lipinski definition) is 2. The molecule has 0 aliphatic heterocycles. The summed E-state index contributed by atoms with van der Waals surface area (Å²) >= 11 is 5.84. The summed E-state index contributed by atoms with van der Waals surface area (Å²) in [4.78, 5) is 11.2. The second-order valence-corrected chi connectivity index (χ2v) is 3.13. The van der Waals surface area contributed by atoms with Crippen molar-refractivity contribution >= 4 is 17.5 Å². The Hall–Kier alpha value is -0.800. The average molecular weight is 187 g/mol. The lowest BCUT2D eigenvalue weighted by Crippen LogP contribution is -2.32. The van der Waals surface area contributed by atoms with E-state index < -0.39 is 0 Å².